The van der Waals surface area contributed by atoms with Crippen LogP contribution in [0.15, 0.2) is 53.2 Å². The normalized spacial score (nSPS) is 23.7. The number of nitrogens with two attached hydrogens (primary N) is 2. The van der Waals surface area contributed by atoms with Crippen LogP contribution in [0.1, 0.15) is 83.8 Å². The van der Waals surface area contributed by atoms with Crippen molar-refractivity contribution in [2.45, 2.75) is 83.8 Å². The number of nitrogens with one attached hydrogen (secondary N) is 2. The number of esters is 1. The summed E-state index contributed by atoms with van der Waals surface area (Å²) in [5.74, 6) is 1.33. The van der Waals surface area contributed by atoms with Gasteiger partial charge < -0.3 is 45.8 Å². The molecule has 2 aromatic rings. The molecule has 6 N–H and O–H groups in total. The van der Waals surface area contributed by atoms with Crippen molar-refractivity contribution in [3.63, 3.8) is 0 Å². The molecule has 0 radical (unpaired) electrons. The second-order valence-corrected chi connectivity index (χ2v) is 16.1. The average molecular weight is 748 g/mol. The molecule has 0 spiro atoms. The van der Waals surface area contributed by atoms with Crippen LogP contribution in [0.25, 0.3) is 0 Å². The number of benzene rings is 2. The van der Waals surface area contributed by atoms with E-state index in [2.05, 4.69) is 30.5 Å². The van der Waals surface area contributed by atoms with Crippen LogP contribution in [0.3, 0.4) is 0 Å². The van der Waals surface area contributed by atoms with E-state index in [0.717, 1.165) is 36.9 Å². The van der Waals surface area contributed by atoms with Crippen molar-refractivity contribution in [2.75, 3.05) is 59.1 Å². The predicted octanol–water partition coefficient (Wildman–Crippen LogP) is 5.85. The van der Waals surface area contributed by atoms with Gasteiger partial charge in [-0.15, -0.1) is 0 Å². The molecule has 296 valence electrons. The first-order valence-electron chi connectivity index (χ1n) is 19.4. The number of allylic oxidation sites excluding steroid dienone is 1. The Bertz CT molecular complexity index is 1630. The number of rotatable bonds is 18. The van der Waals surface area contributed by atoms with E-state index in [1.807, 2.05) is 51.1 Å². The molecule has 0 heterocycles. The Kier molecular flexibility index (Phi) is 13.7. The predicted molar refractivity (Wildman–Crippen MR) is 211 cm³/mol. The van der Waals surface area contributed by atoms with Crippen LogP contribution >= 0.6 is 0 Å². The maximum absolute atomic E-state index is 14.3. The summed E-state index contributed by atoms with van der Waals surface area (Å²) in [4.78, 5) is 33.6. The van der Waals surface area contributed by atoms with Crippen molar-refractivity contribution in [3.8, 4) is 11.5 Å². The SMILES string of the molecule is COc1cccc(OC)c1C(/C=C(\N)C(=O)NC1(C(=O)OC(C)(C)C)C2CC3CC(C2)CC1C3)=Nc1ccc(NCCOCCOCCN)cc1C(C)C. The third kappa shape index (κ3) is 9.56. The number of nitrogens with zero attached hydrogens (tertiary/aromatic N) is 1. The zero-order chi connectivity index (χ0) is 39.0. The molecule has 4 saturated carbocycles. The van der Waals surface area contributed by atoms with Gasteiger partial charge in [0.05, 0.1) is 63.3 Å². The van der Waals surface area contributed by atoms with Gasteiger partial charge >= 0.3 is 5.97 Å². The third-order valence-corrected chi connectivity index (χ3v) is 10.8. The van der Waals surface area contributed by atoms with Crippen molar-refractivity contribution in [2.24, 2.45) is 40.1 Å². The number of carbonyl (C=O) groups is 2. The maximum atomic E-state index is 14.3. The summed E-state index contributed by atoms with van der Waals surface area (Å²) in [6.07, 6.45) is 6.31. The molecule has 4 aliphatic rings. The highest BCUT2D eigenvalue weighted by atomic mass is 16.6. The number of aliphatic imine (C=N–C) groups is 1. The van der Waals surface area contributed by atoms with Crippen molar-refractivity contribution >= 4 is 29.0 Å². The zero-order valence-corrected chi connectivity index (χ0v) is 33.2. The second-order valence-electron chi connectivity index (χ2n) is 16.1. The van der Waals surface area contributed by atoms with E-state index >= 15 is 0 Å². The van der Waals surface area contributed by atoms with Gasteiger partial charge in [0.1, 0.15) is 22.6 Å². The standard InChI is InChI=1S/C42H61N5O7/c1-26(2)32-24-31(45-14-16-53-18-17-52-15-13-43)11-12-34(32)46-35(38-36(50-6)9-8-10-37(38)51-7)25-33(44)39(48)47-42(40(49)54-41(3,4)5)29-20-27-19-28(22-29)23-30(42)21-27/h8-12,24-30,45H,13-23,43-44H2,1-7H3,(H,47,48)/b33-25-,46-35?. The van der Waals surface area contributed by atoms with Crippen LogP contribution in [0.4, 0.5) is 11.4 Å². The molecule has 4 bridgehead atoms. The van der Waals surface area contributed by atoms with Gasteiger partial charge in [-0.05, 0) is 124 Å². The van der Waals surface area contributed by atoms with E-state index in [1.54, 1.807) is 20.3 Å². The van der Waals surface area contributed by atoms with E-state index in [4.69, 9.17) is 40.1 Å². The summed E-state index contributed by atoms with van der Waals surface area (Å²) in [5, 5.41) is 6.63. The van der Waals surface area contributed by atoms with Gasteiger partial charge in [-0.25, -0.2) is 9.79 Å². The molecular formula is C42H61N5O7. The number of ether oxygens (including phenoxy) is 5. The van der Waals surface area contributed by atoms with Gasteiger partial charge in [0, 0.05) is 18.8 Å². The molecule has 0 unspecified atom stereocenters. The third-order valence-electron chi connectivity index (χ3n) is 10.8. The Balaban J connectivity index is 1.48. The fourth-order valence-corrected chi connectivity index (χ4v) is 8.65. The lowest BCUT2D eigenvalue weighted by Gasteiger charge is -2.59. The van der Waals surface area contributed by atoms with Crippen LogP contribution in [0.2, 0.25) is 0 Å². The highest BCUT2D eigenvalue weighted by Crippen LogP contribution is 2.59. The van der Waals surface area contributed by atoms with Crippen LogP contribution in [-0.4, -0.2) is 82.5 Å². The van der Waals surface area contributed by atoms with E-state index in [-0.39, 0.29) is 29.4 Å². The molecule has 0 aromatic heterocycles. The number of amides is 1. The molecule has 54 heavy (non-hydrogen) atoms. The molecule has 12 nitrogen and oxygen atoms in total. The Morgan fingerprint density at radius 2 is 1.54 bits per heavy atom. The molecule has 2 aromatic carbocycles. The number of anilines is 1. The van der Waals surface area contributed by atoms with Crippen LogP contribution in [-0.2, 0) is 23.8 Å². The molecule has 0 saturated heterocycles. The van der Waals surface area contributed by atoms with Gasteiger partial charge in [0.25, 0.3) is 5.91 Å². The van der Waals surface area contributed by atoms with Gasteiger partial charge in [-0.2, -0.15) is 0 Å². The van der Waals surface area contributed by atoms with Crippen molar-refractivity contribution in [1.82, 2.24) is 5.32 Å². The summed E-state index contributed by atoms with van der Waals surface area (Å²) >= 11 is 0. The Labute approximate surface area is 320 Å². The second kappa shape index (κ2) is 18.0. The number of methoxy groups -OCH3 is 2. The van der Waals surface area contributed by atoms with E-state index in [0.29, 0.717) is 79.8 Å². The first kappa shape index (κ1) is 41.0. The Morgan fingerprint density at radius 3 is 2.09 bits per heavy atom. The molecule has 4 aliphatic carbocycles. The number of hydrogen-bond donors (Lipinski definition) is 4. The van der Waals surface area contributed by atoms with Crippen LogP contribution in [0.5, 0.6) is 11.5 Å². The summed E-state index contributed by atoms with van der Waals surface area (Å²) in [6, 6.07) is 11.4. The van der Waals surface area contributed by atoms with Gasteiger partial charge in [0.15, 0.2) is 0 Å². The largest absolute Gasteiger partial charge is 0.496 e. The van der Waals surface area contributed by atoms with E-state index in [1.165, 1.54) is 6.42 Å². The van der Waals surface area contributed by atoms with Gasteiger partial charge in [0.2, 0.25) is 0 Å². The first-order chi connectivity index (χ1) is 25.8. The molecule has 0 atom stereocenters. The van der Waals surface area contributed by atoms with Crippen molar-refractivity contribution in [1.29, 1.82) is 0 Å². The Morgan fingerprint density at radius 1 is 0.926 bits per heavy atom. The summed E-state index contributed by atoms with van der Waals surface area (Å²) < 4.78 is 28.7. The minimum atomic E-state index is -1.15. The molecular weight excluding hydrogens is 686 g/mol. The lowest BCUT2D eigenvalue weighted by molar-refractivity contribution is -0.183. The zero-order valence-electron chi connectivity index (χ0n) is 33.2. The fourth-order valence-electron chi connectivity index (χ4n) is 8.65. The lowest BCUT2D eigenvalue weighted by atomic mass is 9.48. The van der Waals surface area contributed by atoms with Crippen molar-refractivity contribution < 1.29 is 33.3 Å². The highest BCUT2D eigenvalue weighted by molar-refractivity contribution is 6.16. The van der Waals surface area contributed by atoms with Crippen molar-refractivity contribution in [3.05, 3.63) is 59.3 Å². The average Bonchev–Trinajstić information content (AvgIpc) is 3.12. The minimum absolute atomic E-state index is 0.00886. The highest BCUT2D eigenvalue weighted by Gasteiger charge is 2.63. The molecule has 1 amide bonds. The van der Waals surface area contributed by atoms with Gasteiger partial charge in [-0.1, -0.05) is 19.9 Å². The summed E-state index contributed by atoms with van der Waals surface area (Å²) in [5.41, 5.74) is 13.8. The molecule has 0 aliphatic heterocycles. The summed E-state index contributed by atoms with van der Waals surface area (Å²) in [6.45, 7) is 12.9. The Hall–Kier alpha value is -4.13. The maximum Gasteiger partial charge on any atom is 0.332 e. The number of hydrogen-bond acceptors (Lipinski definition) is 11. The first-order valence-corrected chi connectivity index (χ1v) is 19.4. The summed E-state index contributed by atoms with van der Waals surface area (Å²) in [7, 11) is 3.15. The van der Waals surface area contributed by atoms with E-state index in [9.17, 15) is 9.59 Å². The van der Waals surface area contributed by atoms with E-state index < -0.39 is 17.0 Å². The molecule has 4 fully saturated rings. The van der Waals surface area contributed by atoms with Gasteiger partial charge in [-0.3, -0.25) is 4.79 Å². The molecule has 6 rings (SSSR count). The topological polar surface area (TPSA) is 169 Å². The molecule has 12 heteroatoms. The van der Waals surface area contributed by atoms with Crippen LogP contribution in [0, 0.1) is 23.7 Å². The lowest BCUT2D eigenvalue weighted by Crippen LogP contribution is -2.71. The van der Waals surface area contributed by atoms with Crippen LogP contribution < -0.4 is 31.6 Å². The quantitative estimate of drug-likeness (QED) is 0.0629. The fraction of sp³-hybridized carbons (Fsp3) is 0.595. The monoisotopic (exact) mass is 747 g/mol. The smallest absolute Gasteiger partial charge is 0.332 e. The number of carbonyl (C=O) groups excluding carboxylic acids is 2. The minimum Gasteiger partial charge on any atom is -0.496 e.